The zero-order valence-corrected chi connectivity index (χ0v) is 16.2. The van der Waals surface area contributed by atoms with E-state index in [4.69, 9.17) is 10.8 Å². The van der Waals surface area contributed by atoms with E-state index in [1.165, 1.54) is 11.8 Å². The average Bonchev–Trinajstić information content (AvgIpc) is 3.07. The van der Waals surface area contributed by atoms with Gasteiger partial charge in [-0.2, -0.15) is 12.6 Å². The minimum atomic E-state index is -1.15. The molecule has 0 aromatic rings. The molecule has 1 saturated heterocycles. The molecule has 9 nitrogen and oxygen atoms in total. The molecule has 1 aliphatic rings. The molecule has 1 heterocycles. The van der Waals surface area contributed by atoms with Crippen LogP contribution in [0.2, 0.25) is 0 Å². The molecular weight excluding hydrogens is 360 g/mol. The Kier molecular flexibility index (Phi) is 8.35. The molecule has 0 bridgehead atoms. The van der Waals surface area contributed by atoms with Gasteiger partial charge in [-0.05, 0) is 25.7 Å². The number of carboxylic acids is 1. The molecule has 3 amide bonds. The first-order chi connectivity index (χ1) is 12.1. The highest BCUT2D eigenvalue weighted by atomic mass is 32.1. The van der Waals surface area contributed by atoms with Crippen LogP contribution in [0.1, 0.15) is 33.6 Å². The first-order valence-electron chi connectivity index (χ1n) is 8.60. The van der Waals surface area contributed by atoms with E-state index in [2.05, 4.69) is 23.3 Å². The summed E-state index contributed by atoms with van der Waals surface area (Å²) in [7, 11) is 0. The van der Waals surface area contributed by atoms with E-state index in [1.807, 2.05) is 0 Å². The standard InChI is InChI=1S/C16H28N4O5S/c1-8(2)12(19-13(21)10(17)7-26)15(23)20-6-4-5-11(20)14(22)18-9(3)16(24)25/h8-12,26H,4-7,17H2,1-3H3,(H,18,22)(H,19,21)(H,24,25). The number of hydrogen-bond acceptors (Lipinski definition) is 6. The van der Waals surface area contributed by atoms with Gasteiger partial charge in [-0.3, -0.25) is 19.2 Å². The number of hydrogen-bond donors (Lipinski definition) is 5. The van der Waals surface area contributed by atoms with Gasteiger partial charge in [-0.15, -0.1) is 0 Å². The van der Waals surface area contributed by atoms with Crippen molar-refractivity contribution in [3.8, 4) is 0 Å². The van der Waals surface area contributed by atoms with Gasteiger partial charge in [0.1, 0.15) is 18.1 Å². The highest BCUT2D eigenvalue weighted by Crippen LogP contribution is 2.20. The average molecular weight is 388 g/mol. The number of rotatable bonds is 8. The first kappa shape index (κ1) is 22.2. The van der Waals surface area contributed by atoms with E-state index >= 15 is 0 Å². The number of likely N-dealkylation sites (tertiary alicyclic amines) is 1. The molecular formula is C16H28N4O5S. The molecule has 5 N–H and O–H groups in total. The van der Waals surface area contributed by atoms with Crippen molar-refractivity contribution in [1.29, 1.82) is 0 Å². The molecule has 4 unspecified atom stereocenters. The van der Waals surface area contributed by atoms with E-state index in [0.29, 0.717) is 19.4 Å². The third kappa shape index (κ3) is 5.60. The molecule has 0 aromatic carbocycles. The second kappa shape index (κ2) is 9.77. The van der Waals surface area contributed by atoms with Gasteiger partial charge in [0.05, 0.1) is 6.04 Å². The second-order valence-corrected chi connectivity index (χ2v) is 7.14. The summed E-state index contributed by atoms with van der Waals surface area (Å²) in [5.74, 6) is -2.58. The van der Waals surface area contributed by atoms with Gasteiger partial charge in [0.2, 0.25) is 17.7 Å². The van der Waals surface area contributed by atoms with Crippen LogP contribution in [0.4, 0.5) is 0 Å². The lowest BCUT2D eigenvalue weighted by Gasteiger charge is -2.31. The van der Waals surface area contributed by atoms with Crippen molar-refractivity contribution in [3.63, 3.8) is 0 Å². The van der Waals surface area contributed by atoms with E-state index in [-0.39, 0.29) is 17.6 Å². The van der Waals surface area contributed by atoms with Gasteiger partial charge >= 0.3 is 5.97 Å². The lowest BCUT2D eigenvalue weighted by atomic mass is 10.0. The van der Waals surface area contributed by atoms with Crippen molar-refractivity contribution in [2.75, 3.05) is 12.3 Å². The summed E-state index contributed by atoms with van der Waals surface area (Å²) in [5.41, 5.74) is 5.64. The fraction of sp³-hybridized carbons (Fsp3) is 0.750. The number of carboxylic acid groups (broad SMARTS) is 1. The molecule has 148 valence electrons. The Morgan fingerprint density at radius 2 is 1.85 bits per heavy atom. The van der Waals surface area contributed by atoms with Gasteiger partial charge < -0.3 is 26.4 Å². The molecule has 0 aromatic heterocycles. The molecule has 4 atom stereocenters. The van der Waals surface area contributed by atoms with E-state index in [0.717, 1.165) is 0 Å². The third-order valence-corrected chi connectivity index (χ3v) is 4.73. The summed E-state index contributed by atoms with van der Waals surface area (Å²) in [6.45, 7) is 5.30. The molecule has 1 rings (SSSR count). The van der Waals surface area contributed by atoms with Crippen LogP contribution in [-0.4, -0.2) is 70.2 Å². The largest absolute Gasteiger partial charge is 0.480 e. The van der Waals surface area contributed by atoms with Crippen molar-refractivity contribution in [2.24, 2.45) is 11.7 Å². The van der Waals surface area contributed by atoms with Crippen molar-refractivity contribution >= 4 is 36.3 Å². The summed E-state index contributed by atoms with van der Waals surface area (Å²) in [6.07, 6.45) is 1.07. The Morgan fingerprint density at radius 1 is 1.23 bits per heavy atom. The normalized spacial score (nSPS) is 20.4. The number of carbonyl (C=O) groups is 4. The fourth-order valence-corrected chi connectivity index (χ4v) is 2.88. The molecule has 1 fully saturated rings. The quantitative estimate of drug-likeness (QED) is 0.336. The van der Waals surface area contributed by atoms with Gasteiger partial charge in [-0.1, -0.05) is 13.8 Å². The third-order valence-electron chi connectivity index (χ3n) is 4.33. The minimum absolute atomic E-state index is 0.145. The molecule has 0 saturated carbocycles. The van der Waals surface area contributed by atoms with Crippen molar-refractivity contribution < 1.29 is 24.3 Å². The smallest absolute Gasteiger partial charge is 0.325 e. The maximum Gasteiger partial charge on any atom is 0.325 e. The maximum absolute atomic E-state index is 12.9. The summed E-state index contributed by atoms with van der Waals surface area (Å²) in [6, 6.07) is -3.45. The lowest BCUT2D eigenvalue weighted by Crippen LogP contribution is -2.58. The number of thiol groups is 1. The maximum atomic E-state index is 12.9. The number of nitrogens with one attached hydrogen (secondary N) is 2. The monoisotopic (exact) mass is 388 g/mol. The summed E-state index contributed by atoms with van der Waals surface area (Å²) in [4.78, 5) is 49.6. The van der Waals surface area contributed by atoms with Crippen LogP contribution in [0.25, 0.3) is 0 Å². The molecule has 1 aliphatic heterocycles. The van der Waals surface area contributed by atoms with Crippen LogP contribution in [0, 0.1) is 5.92 Å². The number of carbonyl (C=O) groups excluding carboxylic acids is 3. The van der Waals surface area contributed by atoms with Gasteiger partial charge in [0, 0.05) is 12.3 Å². The number of amides is 3. The second-order valence-electron chi connectivity index (χ2n) is 6.78. The van der Waals surface area contributed by atoms with Crippen LogP contribution < -0.4 is 16.4 Å². The summed E-state index contributed by atoms with van der Waals surface area (Å²) in [5, 5.41) is 13.9. The van der Waals surface area contributed by atoms with E-state index in [1.54, 1.807) is 13.8 Å². The minimum Gasteiger partial charge on any atom is -0.480 e. The summed E-state index contributed by atoms with van der Waals surface area (Å²) < 4.78 is 0. The van der Waals surface area contributed by atoms with Crippen molar-refractivity contribution in [3.05, 3.63) is 0 Å². The number of nitrogens with two attached hydrogens (primary N) is 1. The number of aliphatic carboxylic acids is 1. The molecule has 0 spiro atoms. The summed E-state index contributed by atoms with van der Waals surface area (Å²) >= 11 is 3.98. The van der Waals surface area contributed by atoms with Crippen LogP contribution in [0.5, 0.6) is 0 Å². The highest BCUT2D eigenvalue weighted by molar-refractivity contribution is 7.80. The van der Waals surface area contributed by atoms with E-state index < -0.39 is 42.0 Å². The predicted molar refractivity (Wildman–Crippen MR) is 98.6 cm³/mol. The van der Waals surface area contributed by atoms with Crippen LogP contribution in [0.3, 0.4) is 0 Å². The molecule has 10 heteroatoms. The Labute approximate surface area is 158 Å². The lowest BCUT2D eigenvalue weighted by molar-refractivity contribution is -0.145. The molecule has 0 aliphatic carbocycles. The van der Waals surface area contributed by atoms with Crippen molar-refractivity contribution in [1.82, 2.24) is 15.5 Å². The SMILES string of the molecule is CC(NC(=O)C1CCCN1C(=O)C(NC(=O)C(N)CS)C(C)C)C(=O)O. The van der Waals surface area contributed by atoms with Crippen LogP contribution in [-0.2, 0) is 19.2 Å². The van der Waals surface area contributed by atoms with Crippen molar-refractivity contribution in [2.45, 2.75) is 57.8 Å². The fourth-order valence-electron chi connectivity index (χ4n) is 2.71. The molecule has 26 heavy (non-hydrogen) atoms. The van der Waals surface area contributed by atoms with Gasteiger partial charge in [0.15, 0.2) is 0 Å². The molecule has 0 radical (unpaired) electrons. The van der Waals surface area contributed by atoms with E-state index in [9.17, 15) is 19.2 Å². The van der Waals surface area contributed by atoms with Gasteiger partial charge in [0.25, 0.3) is 0 Å². The zero-order chi connectivity index (χ0) is 20.0. The topological polar surface area (TPSA) is 142 Å². The van der Waals surface area contributed by atoms with Gasteiger partial charge in [-0.25, -0.2) is 0 Å². The Morgan fingerprint density at radius 3 is 2.35 bits per heavy atom. The van der Waals surface area contributed by atoms with Crippen LogP contribution in [0.15, 0.2) is 0 Å². The highest BCUT2D eigenvalue weighted by Gasteiger charge is 2.39. The predicted octanol–water partition coefficient (Wildman–Crippen LogP) is -1.04. The Hall–Kier alpha value is -1.81. The van der Waals surface area contributed by atoms with Crippen LogP contribution >= 0.6 is 12.6 Å². The zero-order valence-electron chi connectivity index (χ0n) is 15.3. The Bertz CT molecular complexity index is 557. The Balaban J connectivity index is 2.87. The first-order valence-corrected chi connectivity index (χ1v) is 9.23. The number of nitrogens with zero attached hydrogens (tertiary/aromatic N) is 1.